The lowest BCUT2D eigenvalue weighted by atomic mass is 10.1. The largest absolute Gasteiger partial charge is 0.504 e. The van der Waals surface area contributed by atoms with Crippen LogP contribution in [0.15, 0.2) is 18.2 Å². The summed E-state index contributed by atoms with van der Waals surface area (Å²) < 4.78 is 60.6. The molecule has 0 saturated heterocycles. The molecule has 3 N–H and O–H groups in total. The van der Waals surface area contributed by atoms with Gasteiger partial charge >= 0.3 is 12.1 Å². The molecule has 0 bridgehead atoms. The van der Waals surface area contributed by atoms with Crippen molar-refractivity contribution in [3.8, 4) is 11.5 Å². The summed E-state index contributed by atoms with van der Waals surface area (Å²) in [6.45, 7) is -1.48. The molecular formula is C12H14F5NO2. The van der Waals surface area contributed by atoms with Crippen molar-refractivity contribution in [2.45, 2.75) is 24.9 Å². The van der Waals surface area contributed by atoms with Crippen LogP contribution >= 0.6 is 0 Å². The van der Waals surface area contributed by atoms with Crippen LogP contribution in [0.1, 0.15) is 12.0 Å². The number of phenolic OH excluding ortho intramolecular Hbond substituents is 2. The van der Waals surface area contributed by atoms with Crippen molar-refractivity contribution in [3.05, 3.63) is 23.8 Å². The number of halogens is 5. The van der Waals surface area contributed by atoms with Crippen molar-refractivity contribution in [3.63, 3.8) is 0 Å². The fourth-order valence-corrected chi connectivity index (χ4v) is 1.49. The zero-order chi connectivity index (χ0) is 15.4. The van der Waals surface area contributed by atoms with Gasteiger partial charge in [-0.05, 0) is 37.1 Å². The van der Waals surface area contributed by atoms with Gasteiger partial charge in [0.05, 0.1) is 6.54 Å². The third-order valence-electron chi connectivity index (χ3n) is 2.62. The second-order valence-electron chi connectivity index (χ2n) is 4.31. The number of nitrogens with one attached hydrogen (secondary N) is 1. The zero-order valence-electron chi connectivity index (χ0n) is 10.3. The van der Waals surface area contributed by atoms with Gasteiger partial charge in [-0.3, -0.25) is 0 Å². The zero-order valence-corrected chi connectivity index (χ0v) is 10.3. The topological polar surface area (TPSA) is 52.5 Å². The Labute approximate surface area is 112 Å². The fourth-order valence-electron chi connectivity index (χ4n) is 1.49. The first-order valence-corrected chi connectivity index (χ1v) is 5.79. The Kier molecular flexibility index (Phi) is 5.15. The molecular weight excluding hydrogens is 285 g/mol. The van der Waals surface area contributed by atoms with Gasteiger partial charge in [-0.25, -0.2) is 0 Å². The number of alkyl halides is 5. The minimum atomic E-state index is -5.55. The Bertz CT molecular complexity index is 448. The van der Waals surface area contributed by atoms with Gasteiger partial charge in [-0.2, -0.15) is 22.0 Å². The molecule has 0 unspecified atom stereocenters. The van der Waals surface area contributed by atoms with Crippen LogP contribution in [-0.2, 0) is 6.42 Å². The first-order chi connectivity index (χ1) is 9.13. The molecule has 0 aliphatic rings. The minimum Gasteiger partial charge on any atom is -0.504 e. The Hall–Kier alpha value is -1.57. The summed E-state index contributed by atoms with van der Waals surface area (Å²) in [7, 11) is 0. The molecule has 0 fully saturated rings. The summed E-state index contributed by atoms with van der Waals surface area (Å²) in [6.07, 6.45) is -4.86. The first kappa shape index (κ1) is 16.5. The monoisotopic (exact) mass is 299 g/mol. The predicted molar refractivity (Wildman–Crippen MR) is 62.0 cm³/mol. The lowest BCUT2D eigenvalue weighted by Gasteiger charge is -2.19. The number of aromatic hydroxyl groups is 2. The number of hydrogen-bond donors (Lipinski definition) is 3. The van der Waals surface area contributed by atoms with Gasteiger partial charge in [0.25, 0.3) is 0 Å². The average Bonchev–Trinajstić information content (AvgIpc) is 2.31. The molecule has 0 aliphatic carbocycles. The Balaban J connectivity index is 2.30. The molecule has 1 aromatic carbocycles. The summed E-state index contributed by atoms with van der Waals surface area (Å²) in [5.74, 6) is -5.33. The van der Waals surface area contributed by atoms with Crippen LogP contribution in [0.25, 0.3) is 0 Å². The Morgan fingerprint density at radius 1 is 1.00 bits per heavy atom. The molecule has 0 aliphatic heterocycles. The van der Waals surface area contributed by atoms with Crippen molar-refractivity contribution < 1.29 is 32.2 Å². The highest BCUT2D eigenvalue weighted by atomic mass is 19.4. The van der Waals surface area contributed by atoms with Crippen LogP contribution in [0, 0.1) is 0 Å². The maximum Gasteiger partial charge on any atom is 0.454 e. The highest BCUT2D eigenvalue weighted by molar-refractivity contribution is 5.40. The van der Waals surface area contributed by atoms with E-state index in [0.29, 0.717) is 18.4 Å². The van der Waals surface area contributed by atoms with Gasteiger partial charge in [0.2, 0.25) is 0 Å². The van der Waals surface area contributed by atoms with E-state index in [1.54, 1.807) is 0 Å². The average molecular weight is 299 g/mol. The molecule has 20 heavy (non-hydrogen) atoms. The van der Waals surface area contributed by atoms with E-state index in [1.165, 1.54) is 18.2 Å². The van der Waals surface area contributed by atoms with Gasteiger partial charge in [-0.1, -0.05) is 6.07 Å². The van der Waals surface area contributed by atoms with E-state index in [-0.39, 0.29) is 18.0 Å². The van der Waals surface area contributed by atoms with Crippen LogP contribution in [0.5, 0.6) is 11.5 Å². The minimum absolute atomic E-state index is 0.0205. The summed E-state index contributed by atoms with van der Waals surface area (Å²) in [4.78, 5) is 0. The molecule has 0 saturated carbocycles. The second-order valence-corrected chi connectivity index (χ2v) is 4.31. The molecule has 3 nitrogen and oxygen atoms in total. The third-order valence-corrected chi connectivity index (χ3v) is 2.62. The van der Waals surface area contributed by atoms with Crippen molar-refractivity contribution in [2.75, 3.05) is 13.1 Å². The molecule has 0 radical (unpaired) electrons. The van der Waals surface area contributed by atoms with Gasteiger partial charge in [-0.15, -0.1) is 0 Å². The number of benzene rings is 1. The van der Waals surface area contributed by atoms with Crippen LogP contribution in [0.4, 0.5) is 22.0 Å². The quantitative estimate of drug-likeness (QED) is 0.430. The predicted octanol–water partition coefficient (Wildman–Crippen LogP) is 2.82. The van der Waals surface area contributed by atoms with E-state index < -0.39 is 18.6 Å². The van der Waals surface area contributed by atoms with E-state index in [0.717, 1.165) is 0 Å². The molecule has 0 spiro atoms. The number of phenols is 2. The summed E-state index contributed by atoms with van der Waals surface area (Å²) >= 11 is 0. The van der Waals surface area contributed by atoms with E-state index in [1.807, 2.05) is 5.32 Å². The fraction of sp³-hybridized carbons (Fsp3) is 0.500. The normalized spacial score (nSPS) is 12.7. The third kappa shape index (κ3) is 4.52. The SMILES string of the molecule is Oc1ccc(CCCNCC(F)(F)C(F)(F)F)cc1O. The van der Waals surface area contributed by atoms with Crippen LogP contribution < -0.4 is 5.32 Å². The highest BCUT2D eigenvalue weighted by Crippen LogP contribution is 2.34. The Morgan fingerprint density at radius 3 is 2.20 bits per heavy atom. The van der Waals surface area contributed by atoms with Crippen molar-refractivity contribution >= 4 is 0 Å². The molecule has 0 heterocycles. The van der Waals surface area contributed by atoms with Gasteiger partial charge in [0.1, 0.15) is 0 Å². The smallest absolute Gasteiger partial charge is 0.454 e. The molecule has 0 atom stereocenters. The van der Waals surface area contributed by atoms with E-state index >= 15 is 0 Å². The highest BCUT2D eigenvalue weighted by Gasteiger charge is 2.56. The Morgan fingerprint density at radius 2 is 1.65 bits per heavy atom. The lowest BCUT2D eigenvalue weighted by Crippen LogP contribution is -2.45. The maximum atomic E-state index is 12.5. The molecule has 1 aromatic rings. The maximum absolute atomic E-state index is 12.5. The summed E-state index contributed by atoms with van der Waals surface area (Å²) in [5, 5.41) is 20.3. The number of aryl methyl sites for hydroxylation is 1. The van der Waals surface area contributed by atoms with E-state index in [9.17, 15) is 27.1 Å². The second kappa shape index (κ2) is 6.25. The van der Waals surface area contributed by atoms with Crippen LogP contribution in [-0.4, -0.2) is 35.4 Å². The number of hydrogen-bond acceptors (Lipinski definition) is 3. The lowest BCUT2D eigenvalue weighted by molar-refractivity contribution is -0.279. The van der Waals surface area contributed by atoms with Crippen molar-refractivity contribution in [1.29, 1.82) is 0 Å². The number of rotatable bonds is 6. The van der Waals surface area contributed by atoms with E-state index in [2.05, 4.69) is 0 Å². The van der Waals surface area contributed by atoms with Gasteiger partial charge < -0.3 is 15.5 Å². The molecule has 114 valence electrons. The summed E-state index contributed by atoms with van der Waals surface area (Å²) in [5.41, 5.74) is 0.643. The van der Waals surface area contributed by atoms with E-state index in [4.69, 9.17) is 5.11 Å². The first-order valence-electron chi connectivity index (χ1n) is 5.79. The van der Waals surface area contributed by atoms with Gasteiger partial charge in [0, 0.05) is 0 Å². The van der Waals surface area contributed by atoms with Gasteiger partial charge in [0.15, 0.2) is 11.5 Å². The molecule has 1 rings (SSSR count). The summed E-state index contributed by atoms with van der Waals surface area (Å²) in [6, 6.07) is 4.11. The van der Waals surface area contributed by atoms with Crippen molar-refractivity contribution in [1.82, 2.24) is 5.32 Å². The van der Waals surface area contributed by atoms with Crippen LogP contribution in [0.2, 0.25) is 0 Å². The molecule has 0 aromatic heterocycles. The molecule has 8 heteroatoms. The van der Waals surface area contributed by atoms with Crippen LogP contribution in [0.3, 0.4) is 0 Å². The van der Waals surface area contributed by atoms with Crippen molar-refractivity contribution in [2.24, 2.45) is 0 Å². The molecule has 0 amide bonds. The standard InChI is InChI=1S/C12H14F5NO2/c13-11(14,12(15,16)17)7-18-5-1-2-8-3-4-9(19)10(20)6-8/h3-4,6,18-20H,1-2,5,7H2.